The molecule has 0 radical (unpaired) electrons. The number of esters is 1. The first-order chi connectivity index (χ1) is 13.0. The number of carboxylic acid groups (broad SMARTS) is 1. The van der Waals surface area contributed by atoms with E-state index in [0.29, 0.717) is 32.3 Å². The molecule has 8 heteroatoms. The van der Waals surface area contributed by atoms with E-state index in [1.807, 2.05) is 0 Å². The molecule has 8 nitrogen and oxygen atoms in total. The van der Waals surface area contributed by atoms with Crippen LogP contribution in [0.2, 0.25) is 0 Å². The number of carboxylic acids is 1. The summed E-state index contributed by atoms with van der Waals surface area (Å²) in [7, 11) is 1.56. The maximum absolute atomic E-state index is 13.0. The number of hydrogen-bond acceptors (Lipinski definition) is 6. The number of aliphatic hydroxyl groups excluding tert-OH is 1. The summed E-state index contributed by atoms with van der Waals surface area (Å²) in [6, 6.07) is -0.846. The normalized spacial score (nSPS) is 18.3. The standard InChI is InChI=1S/C20H35NO7/c1-19(2,3)28-17(25)14(7-10-27-4)12-20(8-5-6-9-20)18(26)21-15(13-22)11-16(23)24/h14-15,22H,5-13H2,1-4H3,(H,21,26)(H,23,24). The zero-order valence-corrected chi connectivity index (χ0v) is 17.5. The Kier molecular flexibility index (Phi) is 9.36. The third-order valence-corrected chi connectivity index (χ3v) is 5.07. The van der Waals surface area contributed by atoms with E-state index in [1.54, 1.807) is 27.9 Å². The number of rotatable bonds is 11. The number of aliphatic hydroxyl groups is 1. The van der Waals surface area contributed by atoms with Crippen molar-refractivity contribution in [1.82, 2.24) is 5.32 Å². The van der Waals surface area contributed by atoms with Crippen LogP contribution in [-0.2, 0) is 23.9 Å². The molecule has 0 spiro atoms. The summed E-state index contributed by atoms with van der Waals surface area (Å²) >= 11 is 0. The Hall–Kier alpha value is -1.67. The number of hydrogen-bond donors (Lipinski definition) is 3. The van der Waals surface area contributed by atoms with E-state index in [2.05, 4.69) is 5.32 Å². The van der Waals surface area contributed by atoms with E-state index in [4.69, 9.17) is 14.6 Å². The molecule has 0 heterocycles. The van der Waals surface area contributed by atoms with Crippen molar-refractivity contribution < 1.29 is 34.1 Å². The highest BCUT2D eigenvalue weighted by Gasteiger charge is 2.45. The SMILES string of the molecule is COCCC(CC1(C(=O)NC(CO)CC(=O)O)CCCC1)C(=O)OC(C)(C)C. The molecule has 0 bridgehead atoms. The van der Waals surface area contributed by atoms with Gasteiger partial charge >= 0.3 is 11.9 Å². The Morgan fingerprint density at radius 3 is 2.25 bits per heavy atom. The van der Waals surface area contributed by atoms with Crippen LogP contribution >= 0.6 is 0 Å². The molecule has 162 valence electrons. The lowest BCUT2D eigenvalue weighted by Gasteiger charge is -2.33. The van der Waals surface area contributed by atoms with Crippen LogP contribution in [0.5, 0.6) is 0 Å². The number of nitrogens with one attached hydrogen (secondary N) is 1. The largest absolute Gasteiger partial charge is 0.481 e. The minimum atomic E-state index is -1.09. The minimum absolute atomic E-state index is 0.295. The lowest BCUT2D eigenvalue weighted by Crippen LogP contribution is -2.48. The van der Waals surface area contributed by atoms with E-state index >= 15 is 0 Å². The van der Waals surface area contributed by atoms with Gasteiger partial charge in [0.25, 0.3) is 0 Å². The second-order valence-electron chi connectivity index (χ2n) is 8.65. The van der Waals surface area contributed by atoms with Gasteiger partial charge in [-0.1, -0.05) is 12.8 Å². The fourth-order valence-corrected chi connectivity index (χ4v) is 3.71. The van der Waals surface area contributed by atoms with Crippen LogP contribution in [0, 0.1) is 11.3 Å². The lowest BCUT2D eigenvalue weighted by molar-refractivity contribution is -0.162. The summed E-state index contributed by atoms with van der Waals surface area (Å²) < 4.78 is 10.7. The topological polar surface area (TPSA) is 122 Å². The number of carbonyl (C=O) groups excluding carboxylic acids is 2. The Morgan fingerprint density at radius 2 is 1.79 bits per heavy atom. The van der Waals surface area contributed by atoms with Crippen molar-refractivity contribution in [3.63, 3.8) is 0 Å². The number of aliphatic carboxylic acids is 1. The molecule has 0 aromatic carbocycles. The summed E-state index contributed by atoms with van der Waals surface area (Å²) in [5.41, 5.74) is -1.39. The highest BCUT2D eigenvalue weighted by molar-refractivity contribution is 5.85. The summed E-state index contributed by atoms with van der Waals surface area (Å²) in [5, 5.41) is 21.0. The molecule has 0 aliphatic heterocycles. The van der Waals surface area contributed by atoms with Gasteiger partial charge in [-0.2, -0.15) is 0 Å². The van der Waals surface area contributed by atoms with Crippen molar-refractivity contribution >= 4 is 17.8 Å². The molecule has 2 unspecified atom stereocenters. The van der Waals surface area contributed by atoms with Crippen LogP contribution < -0.4 is 5.32 Å². The van der Waals surface area contributed by atoms with E-state index in [1.165, 1.54) is 0 Å². The Labute approximate surface area is 167 Å². The predicted octanol–water partition coefficient (Wildman–Crippen LogP) is 1.88. The average molecular weight is 402 g/mol. The first-order valence-corrected chi connectivity index (χ1v) is 9.88. The third-order valence-electron chi connectivity index (χ3n) is 5.07. The molecular formula is C20H35NO7. The monoisotopic (exact) mass is 401 g/mol. The Morgan fingerprint density at radius 1 is 1.18 bits per heavy atom. The first-order valence-electron chi connectivity index (χ1n) is 9.88. The van der Waals surface area contributed by atoms with E-state index < -0.39 is 35.6 Å². The van der Waals surface area contributed by atoms with E-state index in [9.17, 15) is 19.5 Å². The summed E-state index contributed by atoms with van der Waals surface area (Å²) in [6.07, 6.45) is 3.38. The van der Waals surface area contributed by atoms with Gasteiger partial charge in [0.1, 0.15) is 5.60 Å². The van der Waals surface area contributed by atoms with Crippen LogP contribution in [0.1, 0.15) is 65.7 Å². The maximum Gasteiger partial charge on any atom is 0.309 e. The molecule has 1 aliphatic rings. The fourth-order valence-electron chi connectivity index (χ4n) is 3.71. The molecule has 1 aliphatic carbocycles. The van der Waals surface area contributed by atoms with Gasteiger partial charge in [-0.25, -0.2) is 0 Å². The highest BCUT2D eigenvalue weighted by atomic mass is 16.6. The van der Waals surface area contributed by atoms with Gasteiger partial charge in [0.2, 0.25) is 5.91 Å². The van der Waals surface area contributed by atoms with Gasteiger partial charge in [-0.3, -0.25) is 14.4 Å². The van der Waals surface area contributed by atoms with Crippen LogP contribution in [-0.4, -0.2) is 60.0 Å². The van der Waals surface area contributed by atoms with Crippen LogP contribution in [0.25, 0.3) is 0 Å². The second kappa shape index (κ2) is 10.8. The van der Waals surface area contributed by atoms with Crippen molar-refractivity contribution in [3.05, 3.63) is 0 Å². The highest BCUT2D eigenvalue weighted by Crippen LogP contribution is 2.44. The lowest BCUT2D eigenvalue weighted by atomic mass is 9.75. The summed E-state index contributed by atoms with van der Waals surface area (Å²) in [4.78, 5) is 36.7. The van der Waals surface area contributed by atoms with Crippen molar-refractivity contribution in [3.8, 4) is 0 Å². The predicted molar refractivity (Wildman–Crippen MR) is 103 cm³/mol. The second-order valence-corrected chi connectivity index (χ2v) is 8.65. The van der Waals surface area contributed by atoms with Crippen molar-refractivity contribution in [1.29, 1.82) is 0 Å². The van der Waals surface area contributed by atoms with Crippen LogP contribution in [0.15, 0.2) is 0 Å². The molecule has 1 fully saturated rings. The minimum Gasteiger partial charge on any atom is -0.481 e. The molecule has 1 amide bonds. The zero-order chi connectivity index (χ0) is 21.4. The molecule has 2 atom stereocenters. The van der Waals surface area contributed by atoms with Gasteiger partial charge in [-0.05, 0) is 46.5 Å². The molecule has 1 rings (SSSR count). The molecule has 0 aromatic heterocycles. The summed E-state index contributed by atoms with van der Waals surface area (Å²) in [6.45, 7) is 5.32. The molecule has 0 aromatic rings. The quantitative estimate of drug-likeness (QED) is 0.452. The maximum atomic E-state index is 13.0. The molecule has 0 saturated heterocycles. The van der Waals surface area contributed by atoms with Crippen molar-refractivity contribution in [2.75, 3.05) is 20.3 Å². The van der Waals surface area contributed by atoms with Gasteiger partial charge < -0.3 is 25.0 Å². The van der Waals surface area contributed by atoms with Crippen LogP contribution in [0.3, 0.4) is 0 Å². The molecule has 28 heavy (non-hydrogen) atoms. The third kappa shape index (κ3) is 7.75. The van der Waals surface area contributed by atoms with Gasteiger partial charge in [0.05, 0.1) is 30.4 Å². The molecule has 3 N–H and O–H groups in total. The Balaban J connectivity index is 2.96. The van der Waals surface area contributed by atoms with Gasteiger partial charge in [0.15, 0.2) is 0 Å². The summed E-state index contributed by atoms with van der Waals surface area (Å²) in [5.74, 6) is -2.23. The Bertz CT molecular complexity index is 535. The van der Waals surface area contributed by atoms with Gasteiger partial charge in [-0.15, -0.1) is 0 Å². The zero-order valence-electron chi connectivity index (χ0n) is 17.5. The number of amides is 1. The average Bonchev–Trinajstić information content (AvgIpc) is 3.05. The fraction of sp³-hybridized carbons (Fsp3) is 0.850. The van der Waals surface area contributed by atoms with Gasteiger partial charge in [0, 0.05) is 13.7 Å². The van der Waals surface area contributed by atoms with Crippen molar-refractivity contribution in [2.45, 2.75) is 77.4 Å². The van der Waals surface area contributed by atoms with Crippen molar-refractivity contribution in [2.24, 2.45) is 11.3 Å². The number of methoxy groups -OCH3 is 1. The number of ether oxygens (including phenoxy) is 2. The first kappa shape index (κ1) is 24.4. The molecular weight excluding hydrogens is 366 g/mol. The van der Waals surface area contributed by atoms with E-state index in [0.717, 1.165) is 12.8 Å². The number of carbonyl (C=O) groups is 3. The van der Waals surface area contributed by atoms with E-state index in [-0.39, 0.29) is 18.3 Å². The molecule has 1 saturated carbocycles. The smallest absolute Gasteiger partial charge is 0.309 e. The van der Waals surface area contributed by atoms with Crippen LogP contribution in [0.4, 0.5) is 0 Å².